The molecule has 2 aromatic rings. The Morgan fingerprint density at radius 1 is 1.09 bits per heavy atom. The Hall–Kier alpha value is -2.35. The Labute approximate surface area is 190 Å². The van der Waals surface area contributed by atoms with Gasteiger partial charge in [0.2, 0.25) is 0 Å². The molecule has 7 nitrogen and oxygen atoms in total. The highest BCUT2D eigenvalue weighted by molar-refractivity contribution is 5.93. The quantitative estimate of drug-likeness (QED) is 0.697. The van der Waals surface area contributed by atoms with E-state index < -0.39 is 0 Å². The number of nitrogens with one attached hydrogen (secondary N) is 1. The molecule has 7 heteroatoms. The molecule has 0 radical (unpaired) electrons. The van der Waals surface area contributed by atoms with Crippen molar-refractivity contribution >= 4 is 5.91 Å². The summed E-state index contributed by atoms with van der Waals surface area (Å²) < 4.78 is 0. The first-order valence-electron chi connectivity index (χ1n) is 11.7. The number of aliphatic hydroxyl groups excluding tert-OH is 1. The number of hydrogen-bond donors (Lipinski definition) is 2. The van der Waals surface area contributed by atoms with Crippen molar-refractivity contribution in [2.45, 2.75) is 50.2 Å². The maximum Gasteiger partial charge on any atom is 0.254 e. The molecule has 0 unspecified atom stereocenters. The lowest BCUT2D eigenvalue weighted by atomic mass is 9.74. The fourth-order valence-electron chi connectivity index (χ4n) is 5.16. The molecule has 1 aliphatic heterocycles. The molecular formula is C25H35N5O2. The molecule has 2 heterocycles. The minimum Gasteiger partial charge on any atom is -0.391 e. The zero-order valence-corrected chi connectivity index (χ0v) is 19.2. The predicted octanol–water partition coefficient (Wildman–Crippen LogP) is 2.00. The summed E-state index contributed by atoms with van der Waals surface area (Å²) in [5.74, 6) is 0.496. The number of nitrogens with zero attached hydrogens (tertiary/aromatic N) is 4. The van der Waals surface area contributed by atoms with E-state index in [1.165, 1.54) is 5.56 Å². The molecule has 1 amide bonds. The smallest absolute Gasteiger partial charge is 0.254 e. The number of likely N-dealkylation sites (N-methyl/N-ethyl adjacent to an activating group) is 1. The van der Waals surface area contributed by atoms with Gasteiger partial charge in [-0.1, -0.05) is 30.3 Å². The molecule has 2 aliphatic rings. The van der Waals surface area contributed by atoms with Gasteiger partial charge in [0.1, 0.15) is 5.82 Å². The third kappa shape index (κ3) is 5.17. The Morgan fingerprint density at radius 2 is 1.75 bits per heavy atom. The summed E-state index contributed by atoms with van der Waals surface area (Å²) in [6.45, 7) is 6.43. The van der Waals surface area contributed by atoms with Crippen LogP contribution in [0.2, 0.25) is 0 Å². The Balaban J connectivity index is 1.51. The van der Waals surface area contributed by atoms with E-state index in [1.54, 1.807) is 19.3 Å². The number of aromatic nitrogens is 2. The minimum absolute atomic E-state index is 0.152. The van der Waals surface area contributed by atoms with Crippen LogP contribution in [-0.2, 0) is 5.41 Å². The number of benzene rings is 1. The fraction of sp³-hybridized carbons (Fsp3) is 0.560. The third-order valence-electron chi connectivity index (χ3n) is 7.30. The van der Waals surface area contributed by atoms with Gasteiger partial charge in [-0.3, -0.25) is 9.69 Å². The number of amides is 1. The van der Waals surface area contributed by atoms with Crippen LogP contribution in [0.4, 0.5) is 0 Å². The first-order valence-corrected chi connectivity index (χ1v) is 11.7. The largest absolute Gasteiger partial charge is 0.391 e. The zero-order valence-electron chi connectivity index (χ0n) is 19.2. The molecule has 2 fully saturated rings. The maximum atomic E-state index is 12.8. The second-order valence-corrected chi connectivity index (χ2v) is 9.40. The summed E-state index contributed by atoms with van der Waals surface area (Å²) in [4.78, 5) is 25.9. The molecular weight excluding hydrogens is 402 g/mol. The van der Waals surface area contributed by atoms with Crippen LogP contribution in [0.5, 0.6) is 0 Å². The van der Waals surface area contributed by atoms with Crippen LogP contribution in [0.15, 0.2) is 42.7 Å². The second-order valence-electron chi connectivity index (χ2n) is 9.40. The number of carbonyl (C=O) groups excluding carboxylic acids is 1. The minimum atomic E-state index is -0.342. The lowest BCUT2D eigenvalue weighted by Gasteiger charge is -2.39. The number of carbonyl (C=O) groups is 1. The summed E-state index contributed by atoms with van der Waals surface area (Å²) >= 11 is 0. The van der Waals surface area contributed by atoms with Gasteiger partial charge in [0.25, 0.3) is 5.91 Å². The lowest BCUT2D eigenvalue weighted by molar-refractivity contribution is 0.0200. The zero-order chi connectivity index (χ0) is 22.6. The Kier molecular flexibility index (Phi) is 7.18. The van der Waals surface area contributed by atoms with Crippen molar-refractivity contribution in [3.8, 4) is 0 Å². The molecule has 1 aromatic heterocycles. The first-order chi connectivity index (χ1) is 15.5. The van der Waals surface area contributed by atoms with Crippen molar-refractivity contribution < 1.29 is 9.90 Å². The van der Waals surface area contributed by atoms with Crippen LogP contribution in [0.3, 0.4) is 0 Å². The molecule has 1 aromatic carbocycles. The van der Waals surface area contributed by atoms with Crippen molar-refractivity contribution in [2.75, 3.05) is 39.8 Å². The van der Waals surface area contributed by atoms with Gasteiger partial charge in [0.15, 0.2) is 0 Å². The van der Waals surface area contributed by atoms with Crippen LogP contribution in [0.1, 0.15) is 47.4 Å². The Morgan fingerprint density at radius 3 is 2.44 bits per heavy atom. The van der Waals surface area contributed by atoms with E-state index in [9.17, 15) is 9.90 Å². The molecule has 3 atom stereocenters. The van der Waals surface area contributed by atoms with Gasteiger partial charge in [-0.05, 0) is 45.2 Å². The third-order valence-corrected chi connectivity index (χ3v) is 7.30. The molecule has 0 bridgehead atoms. The van der Waals surface area contributed by atoms with Gasteiger partial charge < -0.3 is 15.3 Å². The molecule has 1 saturated heterocycles. The van der Waals surface area contributed by atoms with Gasteiger partial charge >= 0.3 is 0 Å². The predicted molar refractivity (Wildman–Crippen MR) is 125 cm³/mol. The molecule has 0 spiro atoms. The SMILES string of the molecule is Cc1ncc(C(=O)NC[C@@]2(c3ccccc3)CC[C@H](O)[C@@H](N3CCN(C)CC3)CC2)cn1. The normalized spacial score (nSPS) is 27.6. The average molecular weight is 438 g/mol. The van der Waals surface area contributed by atoms with Crippen LogP contribution >= 0.6 is 0 Å². The van der Waals surface area contributed by atoms with E-state index >= 15 is 0 Å². The van der Waals surface area contributed by atoms with E-state index in [0.29, 0.717) is 17.9 Å². The van der Waals surface area contributed by atoms with E-state index in [0.717, 1.165) is 51.9 Å². The molecule has 2 N–H and O–H groups in total. The highest BCUT2D eigenvalue weighted by Gasteiger charge is 2.40. The molecule has 32 heavy (non-hydrogen) atoms. The highest BCUT2D eigenvalue weighted by atomic mass is 16.3. The van der Waals surface area contributed by atoms with E-state index in [2.05, 4.69) is 56.4 Å². The average Bonchev–Trinajstić information content (AvgIpc) is 2.99. The van der Waals surface area contributed by atoms with Crippen LogP contribution in [0.25, 0.3) is 0 Å². The lowest BCUT2D eigenvalue weighted by Crippen LogP contribution is -2.52. The molecule has 1 aliphatic carbocycles. The van der Waals surface area contributed by atoms with Crippen LogP contribution in [0, 0.1) is 6.92 Å². The van der Waals surface area contributed by atoms with Gasteiger partial charge in [-0.15, -0.1) is 0 Å². The highest BCUT2D eigenvalue weighted by Crippen LogP contribution is 2.39. The number of piperazine rings is 1. The van der Waals surface area contributed by atoms with Crippen molar-refractivity contribution in [1.82, 2.24) is 25.1 Å². The molecule has 1 saturated carbocycles. The van der Waals surface area contributed by atoms with E-state index in [4.69, 9.17) is 0 Å². The van der Waals surface area contributed by atoms with Gasteiger partial charge in [-0.25, -0.2) is 9.97 Å². The summed E-state index contributed by atoms with van der Waals surface area (Å²) in [5.41, 5.74) is 1.50. The van der Waals surface area contributed by atoms with Gasteiger partial charge in [-0.2, -0.15) is 0 Å². The van der Waals surface area contributed by atoms with E-state index in [1.807, 2.05) is 6.07 Å². The van der Waals surface area contributed by atoms with Gasteiger partial charge in [0, 0.05) is 56.6 Å². The monoisotopic (exact) mass is 437 g/mol. The maximum absolute atomic E-state index is 12.8. The molecule has 4 rings (SSSR count). The number of hydrogen-bond acceptors (Lipinski definition) is 6. The topological polar surface area (TPSA) is 81.6 Å². The summed E-state index contributed by atoms with van der Waals surface area (Å²) in [7, 11) is 2.16. The first kappa shape index (κ1) is 22.8. The van der Waals surface area contributed by atoms with E-state index in [-0.39, 0.29) is 23.5 Å². The summed E-state index contributed by atoms with van der Waals surface area (Å²) in [6, 6.07) is 10.6. The summed E-state index contributed by atoms with van der Waals surface area (Å²) in [5, 5.41) is 14.2. The van der Waals surface area contributed by atoms with Crippen LogP contribution < -0.4 is 5.32 Å². The van der Waals surface area contributed by atoms with Crippen molar-refractivity contribution in [2.24, 2.45) is 0 Å². The van der Waals surface area contributed by atoms with Crippen molar-refractivity contribution in [3.63, 3.8) is 0 Å². The number of rotatable bonds is 5. The molecule has 172 valence electrons. The van der Waals surface area contributed by atoms with Crippen molar-refractivity contribution in [1.29, 1.82) is 0 Å². The standard InChI is InChI=1S/C25H35N5O2/c1-19-26-16-20(17-27-19)24(32)28-18-25(21-6-4-3-5-7-21)10-8-22(23(31)9-11-25)30-14-12-29(2)13-15-30/h3-7,16-17,22-23,31H,8-15,18H2,1-2H3,(H,28,32)/t22-,23-,25-/m0/s1. The number of aryl methyl sites for hydroxylation is 1. The summed E-state index contributed by atoms with van der Waals surface area (Å²) in [6.07, 6.45) is 6.23. The van der Waals surface area contributed by atoms with Crippen LogP contribution in [-0.4, -0.2) is 82.7 Å². The second kappa shape index (κ2) is 10.1. The fourth-order valence-corrected chi connectivity index (χ4v) is 5.16. The Bertz CT molecular complexity index is 883. The van der Waals surface area contributed by atoms with Crippen molar-refractivity contribution in [3.05, 3.63) is 59.7 Å². The number of aliphatic hydroxyl groups is 1. The van der Waals surface area contributed by atoms with Gasteiger partial charge in [0.05, 0.1) is 11.7 Å².